The molecule has 1 amide bonds. The molecule has 9 nitrogen and oxygen atoms in total. The molecule has 4 N–H and O–H groups in total. The molecular formula is C21H19ClFN7O2. The average Bonchev–Trinajstić information content (AvgIpc) is 3.13. The van der Waals surface area contributed by atoms with E-state index in [1.807, 2.05) is 0 Å². The standard InChI is InChI=1S/C21H19ClFN7O2/c22-13-8-16(23)21(27-9-13)32-15-5-3-12(4-6-15)18-17(20(26)31)19(25)30(28-18)14-2-1-7-29(10-14)11-24/h3-6,8-9,14H,1-2,7,10,25H2,(H2,26,31). The van der Waals surface area contributed by atoms with Crippen molar-refractivity contribution in [3.8, 4) is 29.1 Å². The molecule has 3 aromatic rings. The minimum Gasteiger partial charge on any atom is -0.436 e. The number of nitrogen functional groups attached to an aromatic ring is 1. The first-order valence-corrected chi connectivity index (χ1v) is 10.2. The third-order valence-electron chi connectivity index (χ3n) is 5.19. The molecule has 1 atom stereocenters. The fourth-order valence-electron chi connectivity index (χ4n) is 3.69. The zero-order chi connectivity index (χ0) is 22.8. The molecule has 0 saturated carbocycles. The Morgan fingerprint density at radius 3 is 2.75 bits per heavy atom. The summed E-state index contributed by atoms with van der Waals surface area (Å²) in [7, 11) is 0. The Morgan fingerprint density at radius 1 is 1.34 bits per heavy atom. The van der Waals surface area contributed by atoms with E-state index in [1.54, 1.807) is 33.8 Å². The highest BCUT2D eigenvalue weighted by Gasteiger charge is 2.28. The fraction of sp³-hybridized carbons (Fsp3) is 0.238. The van der Waals surface area contributed by atoms with Crippen LogP contribution in [0.15, 0.2) is 36.5 Å². The first kappa shape index (κ1) is 21.4. The summed E-state index contributed by atoms with van der Waals surface area (Å²) in [6.45, 7) is 1.13. The zero-order valence-corrected chi connectivity index (χ0v) is 17.6. The van der Waals surface area contributed by atoms with Crippen molar-refractivity contribution >= 4 is 23.3 Å². The first-order valence-electron chi connectivity index (χ1n) is 9.79. The predicted octanol–water partition coefficient (Wildman–Crippen LogP) is 3.33. The molecule has 11 heteroatoms. The molecule has 0 aliphatic carbocycles. The number of rotatable bonds is 5. The SMILES string of the molecule is N#CN1CCCC(n2nc(-c3ccc(Oc4ncc(Cl)cc4F)cc3)c(C(N)=O)c2N)C1. The molecule has 4 rings (SSSR count). The molecule has 1 unspecified atom stereocenters. The van der Waals surface area contributed by atoms with E-state index in [1.165, 1.54) is 6.20 Å². The lowest BCUT2D eigenvalue weighted by atomic mass is 10.1. The normalized spacial score (nSPS) is 15.9. The van der Waals surface area contributed by atoms with Crippen LogP contribution in [0.4, 0.5) is 10.2 Å². The Labute approximate surface area is 187 Å². The van der Waals surface area contributed by atoms with Crippen LogP contribution in [-0.2, 0) is 0 Å². The minimum absolute atomic E-state index is 0.109. The van der Waals surface area contributed by atoms with Crippen molar-refractivity contribution in [3.05, 3.63) is 52.9 Å². The lowest BCUT2D eigenvalue weighted by Crippen LogP contribution is -2.34. The number of pyridine rings is 1. The number of anilines is 1. The molecule has 1 aliphatic rings. The minimum atomic E-state index is -0.704. The molecule has 1 fully saturated rings. The second-order valence-electron chi connectivity index (χ2n) is 7.33. The highest BCUT2D eigenvalue weighted by molar-refractivity contribution is 6.30. The van der Waals surface area contributed by atoms with E-state index in [9.17, 15) is 14.4 Å². The molecule has 32 heavy (non-hydrogen) atoms. The van der Waals surface area contributed by atoms with Crippen LogP contribution in [0.1, 0.15) is 29.2 Å². The van der Waals surface area contributed by atoms with Gasteiger partial charge in [-0.1, -0.05) is 11.6 Å². The van der Waals surface area contributed by atoms with Crippen LogP contribution in [0.5, 0.6) is 11.6 Å². The smallest absolute Gasteiger partial charge is 0.255 e. The van der Waals surface area contributed by atoms with Crippen LogP contribution in [0, 0.1) is 17.3 Å². The van der Waals surface area contributed by atoms with Crippen LogP contribution < -0.4 is 16.2 Å². The lowest BCUT2D eigenvalue weighted by Gasteiger charge is -2.29. The van der Waals surface area contributed by atoms with Crippen LogP contribution in [-0.4, -0.2) is 38.7 Å². The number of piperidine rings is 1. The first-order chi connectivity index (χ1) is 15.4. The third kappa shape index (κ3) is 4.15. The van der Waals surface area contributed by atoms with Gasteiger partial charge in [0.1, 0.15) is 22.8 Å². The van der Waals surface area contributed by atoms with Crippen molar-refractivity contribution in [2.75, 3.05) is 18.8 Å². The van der Waals surface area contributed by atoms with Gasteiger partial charge in [0, 0.05) is 18.3 Å². The Morgan fingerprint density at radius 2 is 2.09 bits per heavy atom. The summed E-state index contributed by atoms with van der Waals surface area (Å²) in [5.74, 6) is -1.13. The van der Waals surface area contributed by atoms with Gasteiger partial charge in [-0.2, -0.15) is 10.4 Å². The van der Waals surface area contributed by atoms with Crippen molar-refractivity contribution < 1.29 is 13.9 Å². The molecule has 0 radical (unpaired) electrons. The molecule has 1 aromatic carbocycles. The summed E-state index contributed by atoms with van der Waals surface area (Å²) in [4.78, 5) is 17.6. The van der Waals surface area contributed by atoms with E-state index in [0.29, 0.717) is 30.1 Å². The molecule has 2 aromatic heterocycles. The van der Waals surface area contributed by atoms with E-state index in [4.69, 9.17) is 27.8 Å². The van der Waals surface area contributed by atoms with E-state index in [0.717, 1.165) is 18.9 Å². The summed E-state index contributed by atoms with van der Waals surface area (Å²) < 4.78 is 20.9. The second-order valence-corrected chi connectivity index (χ2v) is 7.76. The van der Waals surface area contributed by atoms with Gasteiger partial charge in [0.05, 0.1) is 17.6 Å². The number of ether oxygens (including phenoxy) is 1. The molecule has 164 valence electrons. The Kier molecular flexibility index (Phi) is 5.83. The lowest BCUT2D eigenvalue weighted by molar-refractivity contribution is 0.100. The molecular weight excluding hydrogens is 437 g/mol. The van der Waals surface area contributed by atoms with E-state index in [2.05, 4.69) is 16.3 Å². The highest BCUT2D eigenvalue weighted by atomic mass is 35.5. The third-order valence-corrected chi connectivity index (χ3v) is 5.40. The summed E-state index contributed by atoms with van der Waals surface area (Å²) >= 11 is 5.70. The number of hydrogen-bond acceptors (Lipinski definition) is 7. The number of carbonyl (C=O) groups excluding carboxylic acids is 1. The summed E-state index contributed by atoms with van der Waals surface area (Å²) in [6.07, 6.45) is 5.00. The Bertz CT molecular complexity index is 1210. The van der Waals surface area contributed by atoms with Crippen LogP contribution in [0.25, 0.3) is 11.3 Å². The summed E-state index contributed by atoms with van der Waals surface area (Å²) in [6, 6.07) is 7.43. The van der Waals surface area contributed by atoms with Crippen molar-refractivity contribution in [1.82, 2.24) is 19.7 Å². The monoisotopic (exact) mass is 455 g/mol. The maximum atomic E-state index is 13.9. The number of nitrogens with two attached hydrogens (primary N) is 2. The van der Waals surface area contributed by atoms with Gasteiger partial charge in [-0.3, -0.25) is 4.79 Å². The van der Waals surface area contributed by atoms with Gasteiger partial charge >= 0.3 is 0 Å². The Hall–Kier alpha value is -3.84. The molecule has 0 bridgehead atoms. The van der Waals surface area contributed by atoms with Gasteiger partial charge < -0.3 is 21.1 Å². The van der Waals surface area contributed by atoms with Crippen LogP contribution in [0.2, 0.25) is 5.02 Å². The quantitative estimate of drug-likeness (QED) is 0.563. The van der Waals surface area contributed by atoms with E-state index < -0.39 is 11.7 Å². The number of hydrogen-bond donors (Lipinski definition) is 2. The van der Waals surface area contributed by atoms with E-state index in [-0.39, 0.29) is 28.3 Å². The Balaban J connectivity index is 1.64. The van der Waals surface area contributed by atoms with Crippen LogP contribution >= 0.6 is 11.6 Å². The van der Waals surface area contributed by atoms with Gasteiger partial charge in [0.25, 0.3) is 11.8 Å². The van der Waals surface area contributed by atoms with Crippen molar-refractivity contribution in [3.63, 3.8) is 0 Å². The largest absolute Gasteiger partial charge is 0.436 e. The number of nitrogens with zero attached hydrogens (tertiary/aromatic N) is 5. The number of amides is 1. The van der Waals surface area contributed by atoms with Crippen LogP contribution in [0.3, 0.4) is 0 Å². The van der Waals surface area contributed by atoms with E-state index >= 15 is 0 Å². The zero-order valence-electron chi connectivity index (χ0n) is 16.8. The summed E-state index contributed by atoms with van der Waals surface area (Å²) in [5, 5.41) is 13.9. The molecule has 1 saturated heterocycles. The van der Waals surface area contributed by atoms with Gasteiger partial charge in [-0.15, -0.1) is 0 Å². The molecule has 3 heterocycles. The van der Waals surface area contributed by atoms with Crippen molar-refractivity contribution in [2.24, 2.45) is 5.73 Å². The van der Waals surface area contributed by atoms with Crippen molar-refractivity contribution in [2.45, 2.75) is 18.9 Å². The molecule has 1 aliphatic heterocycles. The number of nitriles is 1. The number of benzene rings is 1. The number of halogens is 2. The number of likely N-dealkylation sites (tertiary alicyclic amines) is 1. The maximum absolute atomic E-state index is 13.9. The number of aromatic nitrogens is 3. The maximum Gasteiger partial charge on any atom is 0.255 e. The predicted molar refractivity (Wildman–Crippen MR) is 115 cm³/mol. The van der Waals surface area contributed by atoms with Gasteiger partial charge in [-0.05, 0) is 43.2 Å². The average molecular weight is 456 g/mol. The number of carbonyl (C=O) groups is 1. The summed E-state index contributed by atoms with van der Waals surface area (Å²) in [5.41, 5.74) is 12.8. The fourth-order valence-corrected chi connectivity index (χ4v) is 3.83. The second kappa shape index (κ2) is 8.72. The number of primary amides is 1. The van der Waals surface area contributed by atoms with Crippen molar-refractivity contribution in [1.29, 1.82) is 5.26 Å². The topological polar surface area (TPSA) is 136 Å². The van der Waals surface area contributed by atoms with Gasteiger partial charge in [0.2, 0.25) is 0 Å². The highest BCUT2D eigenvalue weighted by Crippen LogP contribution is 2.33. The van der Waals surface area contributed by atoms with Gasteiger partial charge in [0.15, 0.2) is 12.0 Å². The van der Waals surface area contributed by atoms with Gasteiger partial charge in [-0.25, -0.2) is 14.1 Å². The molecule has 0 spiro atoms.